The molecule has 3 heterocycles. The highest BCUT2D eigenvalue weighted by molar-refractivity contribution is 5.57. The third kappa shape index (κ3) is 3.68. The summed E-state index contributed by atoms with van der Waals surface area (Å²) in [6.07, 6.45) is 2.32. The van der Waals surface area contributed by atoms with Crippen LogP contribution in [0.1, 0.15) is 12.8 Å². The molecule has 2 aromatic rings. The van der Waals surface area contributed by atoms with E-state index in [1.54, 1.807) is 7.11 Å². The van der Waals surface area contributed by atoms with Crippen LogP contribution < -0.4 is 9.64 Å². The van der Waals surface area contributed by atoms with Crippen LogP contribution in [0.15, 0.2) is 28.8 Å². The van der Waals surface area contributed by atoms with Gasteiger partial charge in [0.2, 0.25) is 0 Å². The zero-order valence-electron chi connectivity index (χ0n) is 15.6. The van der Waals surface area contributed by atoms with Crippen molar-refractivity contribution in [3.05, 3.63) is 24.3 Å². The van der Waals surface area contributed by atoms with Crippen molar-refractivity contribution < 1.29 is 9.26 Å². The van der Waals surface area contributed by atoms with E-state index >= 15 is 0 Å². The molecule has 2 fully saturated rings. The Labute approximate surface area is 154 Å². The maximum absolute atomic E-state index is 5.48. The van der Waals surface area contributed by atoms with Crippen LogP contribution in [0.2, 0.25) is 0 Å². The van der Waals surface area contributed by atoms with Crippen LogP contribution in [-0.4, -0.2) is 79.4 Å². The van der Waals surface area contributed by atoms with Crippen LogP contribution in [0, 0.1) is 0 Å². The summed E-state index contributed by atoms with van der Waals surface area (Å²) < 4.78 is 10.8. The van der Waals surface area contributed by atoms with Gasteiger partial charge in [0.25, 0.3) is 11.8 Å². The number of aromatic nitrogens is 2. The number of nitrogens with zero attached hydrogens (tertiary/aromatic N) is 5. The van der Waals surface area contributed by atoms with Crippen molar-refractivity contribution in [3.63, 3.8) is 0 Å². The molecular weight excluding hydrogens is 330 g/mol. The first-order chi connectivity index (χ1) is 12.7. The van der Waals surface area contributed by atoms with Gasteiger partial charge in [-0.05, 0) is 43.2 Å². The van der Waals surface area contributed by atoms with E-state index < -0.39 is 0 Å². The lowest BCUT2D eigenvalue weighted by Gasteiger charge is -2.41. The monoisotopic (exact) mass is 357 g/mol. The van der Waals surface area contributed by atoms with Crippen molar-refractivity contribution >= 4 is 5.95 Å². The number of methoxy groups -OCH3 is 1. The molecule has 0 N–H and O–H groups in total. The van der Waals surface area contributed by atoms with E-state index in [1.165, 1.54) is 26.2 Å². The van der Waals surface area contributed by atoms with Crippen molar-refractivity contribution in [2.24, 2.45) is 0 Å². The molecule has 140 valence electrons. The maximum atomic E-state index is 5.48. The minimum Gasteiger partial charge on any atom is -0.497 e. The SMILES string of the molecule is COc1cccc(-c2nc(N3CCC(N4CCN(C)CC4)CC3)no2)c1. The fourth-order valence-electron chi connectivity index (χ4n) is 3.84. The van der Waals surface area contributed by atoms with E-state index in [-0.39, 0.29) is 0 Å². The second kappa shape index (κ2) is 7.63. The standard InChI is InChI=1S/C19H27N5O2/c1-22-10-12-23(13-11-22)16-6-8-24(9-7-16)19-20-18(26-21-19)15-4-3-5-17(14-15)25-2/h3-5,14,16H,6-13H2,1-2H3. The quantitative estimate of drug-likeness (QED) is 0.829. The molecule has 7 heteroatoms. The summed E-state index contributed by atoms with van der Waals surface area (Å²) in [5, 5.41) is 4.20. The van der Waals surface area contributed by atoms with Gasteiger partial charge in [0.15, 0.2) is 0 Å². The van der Waals surface area contributed by atoms with Gasteiger partial charge in [-0.3, -0.25) is 4.90 Å². The molecule has 0 amide bonds. The maximum Gasteiger partial charge on any atom is 0.266 e. The Balaban J connectivity index is 1.37. The minimum atomic E-state index is 0.542. The zero-order valence-corrected chi connectivity index (χ0v) is 15.6. The highest BCUT2D eigenvalue weighted by Crippen LogP contribution is 2.26. The second-order valence-corrected chi connectivity index (χ2v) is 7.19. The molecule has 0 atom stereocenters. The smallest absolute Gasteiger partial charge is 0.266 e. The number of ether oxygens (including phenoxy) is 1. The van der Waals surface area contributed by atoms with Crippen molar-refractivity contribution in [2.45, 2.75) is 18.9 Å². The van der Waals surface area contributed by atoms with Crippen LogP contribution in [0.25, 0.3) is 11.5 Å². The van der Waals surface area contributed by atoms with Gasteiger partial charge in [-0.2, -0.15) is 4.98 Å². The molecule has 0 saturated carbocycles. The van der Waals surface area contributed by atoms with Gasteiger partial charge in [0, 0.05) is 50.9 Å². The van der Waals surface area contributed by atoms with Crippen molar-refractivity contribution in [3.8, 4) is 17.2 Å². The molecule has 2 saturated heterocycles. The van der Waals surface area contributed by atoms with E-state index in [4.69, 9.17) is 9.26 Å². The molecule has 7 nitrogen and oxygen atoms in total. The average Bonchev–Trinajstić information content (AvgIpc) is 3.19. The molecule has 2 aliphatic rings. The molecule has 4 rings (SSSR count). The second-order valence-electron chi connectivity index (χ2n) is 7.19. The van der Waals surface area contributed by atoms with Gasteiger partial charge in [0.05, 0.1) is 7.11 Å². The number of hydrogen-bond donors (Lipinski definition) is 0. The van der Waals surface area contributed by atoms with Crippen molar-refractivity contribution in [1.82, 2.24) is 19.9 Å². The minimum absolute atomic E-state index is 0.542. The summed E-state index contributed by atoms with van der Waals surface area (Å²) >= 11 is 0. The number of benzene rings is 1. The first-order valence-electron chi connectivity index (χ1n) is 9.38. The fraction of sp³-hybridized carbons (Fsp3) is 0.579. The molecule has 26 heavy (non-hydrogen) atoms. The summed E-state index contributed by atoms with van der Waals surface area (Å²) in [5.74, 6) is 2.02. The lowest BCUT2D eigenvalue weighted by molar-refractivity contribution is 0.0980. The summed E-state index contributed by atoms with van der Waals surface area (Å²) in [6.45, 7) is 6.68. The van der Waals surface area contributed by atoms with Crippen LogP contribution >= 0.6 is 0 Å². The van der Waals surface area contributed by atoms with Crippen LogP contribution in [0.5, 0.6) is 5.75 Å². The number of likely N-dealkylation sites (N-methyl/N-ethyl adjacent to an activating group) is 1. The average molecular weight is 357 g/mol. The summed E-state index contributed by atoms with van der Waals surface area (Å²) in [7, 11) is 3.86. The van der Waals surface area contributed by atoms with Crippen molar-refractivity contribution in [1.29, 1.82) is 0 Å². The van der Waals surface area contributed by atoms with Gasteiger partial charge in [-0.15, -0.1) is 0 Å². The van der Waals surface area contributed by atoms with E-state index in [2.05, 4.69) is 31.9 Å². The summed E-state index contributed by atoms with van der Waals surface area (Å²) in [4.78, 5) is 11.9. The first kappa shape index (κ1) is 17.3. The Bertz CT molecular complexity index is 718. The summed E-state index contributed by atoms with van der Waals surface area (Å²) in [5.41, 5.74) is 0.885. The molecular formula is C19H27N5O2. The van der Waals surface area contributed by atoms with E-state index in [1.807, 2.05) is 24.3 Å². The Hall–Kier alpha value is -2.12. The predicted molar refractivity (Wildman–Crippen MR) is 101 cm³/mol. The van der Waals surface area contributed by atoms with Gasteiger partial charge in [0.1, 0.15) is 5.75 Å². The van der Waals surface area contributed by atoms with E-state index in [0.717, 1.165) is 37.2 Å². The lowest BCUT2D eigenvalue weighted by Crippen LogP contribution is -2.52. The molecule has 0 spiro atoms. The normalized spacial score (nSPS) is 20.5. The molecule has 1 aromatic carbocycles. The van der Waals surface area contributed by atoms with Gasteiger partial charge >= 0.3 is 0 Å². The molecule has 0 unspecified atom stereocenters. The zero-order chi connectivity index (χ0) is 17.9. The molecule has 0 bridgehead atoms. The Morgan fingerprint density at radius 2 is 1.85 bits per heavy atom. The van der Waals surface area contributed by atoms with Gasteiger partial charge in [-0.25, -0.2) is 0 Å². The molecule has 2 aliphatic heterocycles. The molecule has 0 aliphatic carbocycles. The number of piperazine rings is 1. The fourth-order valence-corrected chi connectivity index (χ4v) is 3.84. The number of anilines is 1. The van der Waals surface area contributed by atoms with E-state index in [0.29, 0.717) is 17.9 Å². The largest absolute Gasteiger partial charge is 0.497 e. The summed E-state index contributed by atoms with van der Waals surface area (Å²) in [6, 6.07) is 8.39. The third-order valence-corrected chi connectivity index (χ3v) is 5.53. The Morgan fingerprint density at radius 1 is 1.08 bits per heavy atom. The molecule has 1 aromatic heterocycles. The first-order valence-corrected chi connectivity index (χ1v) is 9.38. The third-order valence-electron chi connectivity index (χ3n) is 5.53. The van der Waals surface area contributed by atoms with Crippen LogP contribution in [0.4, 0.5) is 5.95 Å². The highest BCUT2D eigenvalue weighted by Gasteiger charge is 2.28. The van der Waals surface area contributed by atoms with Crippen molar-refractivity contribution in [2.75, 3.05) is 58.3 Å². The number of rotatable bonds is 4. The Kier molecular flexibility index (Phi) is 5.08. The Morgan fingerprint density at radius 3 is 2.58 bits per heavy atom. The number of piperidine rings is 1. The molecule has 0 radical (unpaired) electrons. The van der Waals surface area contributed by atoms with Gasteiger partial charge in [-0.1, -0.05) is 6.07 Å². The predicted octanol–water partition coefficient (Wildman–Crippen LogP) is 1.96. The van der Waals surface area contributed by atoms with Crippen LogP contribution in [0.3, 0.4) is 0 Å². The highest BCUT2D eigenvalue weighted by atomic mass is 16.5. The van der Waals surface area contributed by atoms with Crippen LogP contribution in [-0.2, 0) is 0 Å². The van der Waals surface area contributed by atoms with E-state index in [9.17, 15) is 0 Å². The van der Waals surface area contributed by atoms with Gasteiger partial charge < -0.3 is 19.1 Å². The number of hydrogen-bond acceptors (Lipinski definition) is 7. The topological polar surface area (TPSA) is 57.9 Å². The lowest BCUT2D eigenvalue weighted by atomic mass is 10.0.